The Morgan fingerprint density at radius 3 is 2.31 bits per heavy atom. The van der Waals surface area contributed by atoms with E-state index in [4.69, 9.17) is 16.3 Å². The van der Waals surface area contributed by atoms with Crippen molar-refractivity contribution < 1.29 is 19.1 Å². The number of fused-ring (bicyclic) bond motifs is 1. The van der Waals surface area contributed by atoms with Gasteiger partial charge in [0.15, 0.2) is 0 Å². The Kier molecular flexibility index (Phi) is 7.02. The smallest absolute Gasteiger partial charge is 0.335 e. The number of hydrogen-bond acceptors (Lipinski definition) is 4. The number of imide groups is 2. The summed E-state index contributed by atoms with van der Waals surface area (Å²) in [5.74, 6) is -0.655. The molecule has 39 heavy (non-hydrogen) atoms. The fourth-order valence-electron chi connectivity index (χ4n) is 4.53. The quantitative estimate of drug-likeness (QED) is 0.228. The van der Waals surface area contributed by atoms with Gasteiger partial charge in [-0.2, -0.15) is 0 Å². The van der Waals surface area contributed by atoms with Crippen LogP contribution in [-0.4, -0.2) is 29.0 Å². The molecule has 0 atom stereocenters. The summed E-state index contributed by atoms with van der Waals surface area (Å²) in [4.78, 5) is 39.5. The summed E-state index contributed by atoms with van der Waals surface area (Å²) in [5.41, 5.74) is 3.11. The predicted octanol–water partition coefficient (Wildman–Crippen LogP) is 6.34. The number of amides is 4. The van der Waals surface area contributed by atoms with E-state index in [1.807, 2.05) is 47.2 Å². The molecule has 4 aromatic rings. The standard InChI is InChI=1S/C31H28ClN3O4/c1-31(2,3)21-8-14-24(15-9-21)39-17-16-34-19-20(25-6-4-5-7-27(25)34)18-26-28(36)33-30(38)35(29(26)37)23-12-10-22(32)11-13-23/h4-15,18-19H,16-17H2,1-3H3,(H,33,36,38). The zero-order chi connectivity index (χ0) is 27.7. The number of carbonyl (C=O) groups excluding carboxylic acids is 3. The van der Waals surface area contributed by atoms with E-state index in [0.29, 0.717) is 29.4 Å². The average Bonchev–Trinajstić information content (AvgIpc) is 3.25. The number of halogens is 1. The van der Waals surface area contributed by atoms with Crippen LogP contribution in [0.5, 0.6) is 5.75 Å². The monoisotopic (exact) mass is 541 g/mol. The van der Waals surface area contributed by atoms with E-state index in [-0.39, 0.29) is 11.0 Å². The highest BCUT2D eigenvalue weighted by Gasteiger charge is 2.37. The van der Waals surface area contributed by atoms with Crippen LogP contribution in [0.1, 0.15) is 31.9 Å². The van der Waals surface area contributed by atoms with Gasteiger partial charge in [0.2, 0.25) is 0 Å². The highest BCUT2D eigenvalue weighted by atomic mass is 35.5. The minimum absolute atomic E-state index is 0.0727. The van der Waals surface area contributed by atoms with Crippen LogP contribution in [-0.2, 0) is 21.5 Å². The van der Waals surface area contributed by atoms with Gasteiger partial charge < -0.3 is 9.30 Å². The number of carbonyl (C=O) groups is 3. The maximum atomic E-state index is 13.3. The lowest BCUT2D eigenvalue weighted by Gasteiger charge is -2.26. The van der Waals surface area contributed by atoms with Gasteiger partial charge in [-0.3, -0.25) is 14.9 Å². The molecule has 8 heteroatoms. The fourth-order valence-corrected chi connectivity index (χ4v) is 4.65. The number of urea groups is 1. The summed E-state index contributed by atoms with van der Waals surface area (Å²) >= 11 is 5.95. The van der Waals surface area contributed by atoms with Gasteiger partial charge in [-0.25, -0.2) is 9.69 Å². The zero-order valence-electron chi connectivity index (χ0n) is 21.9. The fraction of sp³-hybridized carbons (Fsp3) is 0.194. The van der Waals surface area contributed by atoms with Crippen molar-refractivity contribution in [1.29, 1.82) is 0 Å². The van der Waals surface area contributed by atoms with Crippen LogP contribution in [0.4, 0.5) is 10.5 Å². The third-order valence-electron chi connectivity index (χ3n) is 6.63. The molecule has 1 N–H and O–H groups in total. The maximum Gasteiger partial charge on any atom is 0.335 e. The Bertz CT molecular complexity index is 1600. The molecule has 0 bridgehead atoms. The molecule has 7 nitrogen and oxygen atoms in total. The highest BCUT2D eigenvalue weighted by molar-refractivity contribution is 6.39. The molecule has 0 spiro atoms. The first-order valence-corrected chi connectivity index (χ1v) is 13.0. The van der Waals surface area contributed by atoms with Gasteiger partial charge in [0.1, 0.15) is 17.9 Å². The first-order valence-electron chi connectivity index (χ1n) is 12.6. The average molecular weight is 542 g/mol. The molecule has 1 aliphatic heterocycles. The molecular formula is C31H28ClN3O4. The molecule has 198 valence electrons. The molecule has 0 saturated carbocycles. The van der Waals surface area contributed by atoms with Crippen LogP contribution in [0.25, 0.3) is 17.0 Å². The minimum atomic E-state index is -0.806. The lowest BCUT2D eigenvalue weighted by molar-refractivity contribution is -0.122. The topological polar surface area (TPSA) is 80.6 Å². The summed E-state index contributed by atoms with van der Waals surface area (Å²) in [5, 5.41) is 3.60. The van der Waals surface area contributed by atoms with E-state index in [1.165, 1.54) is 11.6 Å². The number of hydrogen-bond donors (Lipinski definition) is 1. The number of aromatic nitrogens is 1. The number of nitrogens with zero attached hydrogens (tertiary/aromatic N) is 2. The molecule has 3 aromatic carbocycles. The van der Waals surface area contributed by atoms with Crippen molar-refractivity contribution in [3.63, 3.8) is 0 Å². The molecule has 1 saturated heterocycles. The van der Waals surface area contributed by atoms with Crippen molar-refractivity contribution in [3.05, 3.63) is 101 Å². The lowest BCUT2D eigenvalue weighted by atomic mass is 9.87. The predicted molar refractivity (Wildman–Crippen MR) is 153 cm³/mol. The molecule has 4 amide bonds. The van der Waals surface area contributed by atoms with Crippen molar-refractivity contribution in [1.82, 2.24) is 9.88 Å². The van der Waals surface area contributed by atoms with Crippen LogP contribution in [0.2, 0.25) is 5.02 Å². The first kappa shape index (κ1) is 26.3. The van der Waals surface area contributed by atoms with Gasteiger partial charge >= 0.3 is 6.03 Å². The SMILES string of the molecule is CC(C)(C)c1ccc(OCCn2cc(C=C3C(=O)NC(=O)N(c4ccc(Cl)cc4)C3=O)c3ccccc32)cc1. The summed E-state index contributed by atoms with van der Waals surface area (Å²) in [6.07, 6.45) is 3.41. The zero-order valence-corrected chi connectivity index (χ0v) is 22.7. The maximum absolute atomic E-state index is 13.3. The van der Waals surface area contributed by atoms with Gasteiger partial charge in [0.25, 0.3) is 11.8 Å². The van der Waals surface area contributed by atoms with Crippen LogP contribution in [0, 0.1) is 0 Å². The van der Waals surface area contributed by atoms with Gasteiger partial charge in [0, 0.05) is 27.7 Å². The largest absolute Gasteiger partial charge is 0.492 e. The third-order valence-corrected chi connectivity index (χ3v) is 6.88. The second kappa shape index (κ2) is 10.4. The Hall–Kier alpha value is -4.36. The van der Waals surface area contributed by atoms with Crippen LogP contribution in [0.3, 0.4) is 0 Å². The normalized spacial score (nSPS) is 15.2. The third kappa shape index (κ3) is 5.45. The van der Waals surface area contributed by atoms with E-state index < -0.39 is 17.8 Å². The van der Waals surface area contributed by atoms with Crippen molar-refractivity contribution in [2.24, 2.45) is 0 Å². The molecule has 1 fully saturated rings. The number of ether oxygens (including phenoxy) is 1. The van der Waals surface area contributed by atoms with Gasteiger partial charge in [-0.15, -0.1) is 0 Å². The van der Waals surface area contributed by atoms with E-state index in [1.54, 1.807) is 24.3 Å². The van der Waals surface area contributed by atoms with Crippen LogP contribution in [0.15, 0.2) is 84.6 Å². The summed E-state index contributed by atoms with van der Waals surface area (Å²) in [6, 6.07) is 21.3. The second-order valence-electron chi connectivity index (χ2n) is 10.4. The van der Waals surface area contributed by atoms with Crippen molar-refractivity contribution in [2.75, 3.05) is 11.5 Å². The molecule has 1 aliphatic rings. The first-order chi connectivity index (χ1) is 18.6. The Morgan fingerprint density at radius 1 is 0.923 bits per heavy atom. The van der Waals surface area contributed by atoms with Gasteiger partial charge in [-0.05, 0) is 59.5 Å². The Balaban J connectivity index is 1.39. The number of nitrogens with one attached hydrogen (secondary N) is 1. The molecule has 0 unspecified atom stereocenters. The van der Waals surface area contributed by atoms with Crippen molar-refractivity contribution >= 4 is 52.1 Å². The van der Waals surface area contributed by atoms with E-state index >= 15 is 0 Å². The minimum Gasteiger partial charge on any atom is -0.492 e. The van der Waals surface area contributed by atoms with Crippen molar-refractivity contribution in [3.8, 4) is 5.75 Å². The molecule has 2 heterocycles. The molecule has 5 rings (SSSR count). The molecule has 0 aliphatic carbocycles. The number of anilines is 1. The lowest BCUT2D eigenvalue weighted by Crippen LogP contribution is -2.54. The van der Waals surface area contributed by atoms with Crippen LogP contribution < -0.4 is 15.0 Å². The summed E-state index contributed by atoms with van der Waals surface area (Å²) in [6.45, 7) is 7.50. The highest BCUT2D eigenvalue weighted by Crippen LogP contribution is 2.28. The number of para-hydroxylation sites is 1. The number of barbiturate groups is 1. The van der Waals surface area contributed by atoms with Crippen LogP contribution >= 0.6 is 11.6 Å². The summed E-state index contributed by atoms with van der Waals surface area (Å²) < 4.78 is 8.02. The molecular weight excluding hydrogens is 514 g/mol. The molecule has 0 radical (unpaired) electrons. The Morgan fingerprint density at radius 2 is 1.62 bits per heavy atom. The Labute approximate surface area is 231 Å². The summed E-state index contributed by atoms with van der Waals surface area (Å²) in [7, 11) is 0. The van der Waals surface area contributed by atoms with Crippen molar-refractivity contribution in [2.45, 2.75) is 32.7 Å². The van der Waals surface area contributed by atoms with Gasteiger partial charge in [0.05, 0.1) is 12.2 Å². The van der Waals surface area contributed by atoms with Gasteiger partial charge in [-0.1, -0.05) is 62.7 Å². The molecule has 1 aromatic heterocycles. The second-order valence-corrected chi connectivity index (χ2v) is 10.8. The number of benzene rings is 3. The van der Waals surface area contributed by atoms with E-state index in [0.717, 1.165) is 21.6 Å². The van der Waals surface area contributed by atoms with E-state index in [9.17, 15) is 14.4 Å². The van der Waals surface area contributed by atoms with E-state index in [2.05, 4.69) is 38.2 Å². The number of rotatable bonds is 6.